The van der Waals surface area contributed by atoms with E-state index in [0.29, 0.717) is 11.3 Å². The first-order valence-corrected chi connectivity index (χ1v) is 9.22. The predicted octanol–water partition coefficient (Wildman–Crippen LogP) is 3.58. The fourth-order valence-electron chi connectivity index (χ4n) is 2.81. The summed E-state index contributed by atoms with van der Waals surface area (Å²) in [4.78, 5) is 26.1. The Balaban J connectivity index is 1.72. The van der Waals surface area contributed by atoms with Gasteiger partial charge in [0.2, 0.25) is 11.8 Å². The minimum atomic E-state index is -4.42. The second-order valence-electron chi connectivity index (χ2n) is 6.06. The number of amides is 2. The van der Waals surface area contributed by atoms with Gasteiger partial charge in [-0.1, -0.05) is 12.1 Å². The highest BCUT2D eigenvalue weighted by Crippen LogP contribution is 2.41. The molecule has 27 heavy (non-hydrogen) atoms. The Kier molecular flexibility index (Phi) is 5.50. The van der Waals surface area contributed by atoms with Crippen molar-refractivity contribution in [2.24, 2.45) is 0 Å². The van der Waals surface area contributed by atoms with Crippen molar-refractivity contribution in [3.8, 4) is 0 Å². The summed E-state index contributed by atoms with van der Waals surface area (Å²) in [5, 5.41) is 2.19. The van der Waals surface area contributed by atoms with Gasteiger partial charge in [0, 0.05) is 0 Å². The number of furan rings is 1. The lowest BCUT2D eigenvalue weighted by Gasteiger charge is -2.29. The molecule has 2 aromatic rings. The van der Waals surface area contributed by atoms with Crippen molar-refractivity contribution in [2.45, 2.75) is 31.1 Å². The maximum atomic E-state index is 12.7. The van der Waals surface area contributed by atoms with Gasteiger partial charge in [0.15, 0.2) is 0 Å². The van der Waals surface area contributed by atoms with Gasteiger partial charge in [0.1, 0.15) is 17.2 Å². The number of hydrogen-bond acceptors (Lipinski definition) is 4. The first-order chi connectivity index (χ1) is 12.8. The molecule has 144 valence electrons. The van der Waals surface area contributed by atoms with E-state index >= 15 is 0 Å². The van der Waals surface area contributed by atoms with Gasteiger partial charge in [-0.05, 0) is 36.8 Å². The van der Waals surface area contributed by atoms with Crippen molar-refractivity contribution in [1.29, 1.82) is 0 Å². The van der Waals surface area contributed by atoms with Crippen molar-refractivity contribution >= 4 is 23.6 Å². The van der Waals surface area contributed by atoms with Gasteiger partial charge in [0.25, 0.3) is 0 Å². The van der Waals surface area contributed by atoms with Crippen LogP contribution in [0, 0.1) is 0 Å². The Labute approximate surface area is 157 Å². The minimum absolute atomic E-state index is 0.168. The van der Waals surface area contributed by atoms with Crippen LogP contribution in [0.2, 0.25) is 0 Å². The van der Waals surface area contributed by atoms with E-state index in [1.807, 2.05) is 0 Å². The summed E-state index contributed by atoms with van der Waals surface area (Å²) in [6.07, 6.45) is -2.93. The maximum absolute atomic E-state index is 12.7. The molecule has 1 saturated heterocycles. The largest absolute Gasteiger partial charge is 0.467 e. The van der Waals surface area contributed by atoms with Crippen LogP contribution in [0.5, 0.6) is 0 Å². The standard InChI is InChI=1S/C18H17F3N2O3S/c1-11(16(25)22-9-14-3-2-8-26-14)23-15(24)10-27-17(23)12-4-6-13(7-5-12)18(19,20)21/h2-8,11,17H,9-10H2,1H3,(H,22,25). The van der Waals surface area contributed by atoms with E-state index in [2.05, 4.69) is 5.32 Å². The summed E-state index contributed by atoms with van der Waals surface area (Å²) >= 11 is 1.28. The van der Waals surface area contributed by atoms with Crippen molar-refractivity contribution < 1.29 is 27.2 Å². The van der Waals surface area contributed by atoms with Gasteiger partial charge in [-0.3, -0.25) is 9.59 Å². The van der Waals surface area contributed by atoms with Gasteiger partial charge in [0.05, 0.1) is 24.1 Å². The van der Waals surface area contributed by atoms with E-state index in [1.54, 1.807) is 19.1 Å². The number of halogens is 3. The molecule has 3 rings (SSSR count). The number of hydrogen-bond donors (Lipinski definition) is 1. The van der Waals surface area contributed by atoms with E-state index in [1.165, 1.54) is 35.1 Å². The van der Waals surface area contributed by atoms with Crippen LogP contribution in [0.3, 0.4) is 0 Å². The summed E-state index contributed by atoms with van der Waals surface area (Å²) in [5.74, 6) is 0.156. The van der Waals surface area contributed by atoms with Crippen molar-refractivity contribution in [3.63, 3.8) is 0 Å². The molecule has 1 aromatic carbocycles. The molecule has 1 aliphatic heterocycles. The highest BCUT2D eigenvalue weighted by atomic mass is 32.2. The average molecular weight is 398 g/mol. The van der Waals surface area contributed by atoms with E-state index < -0.39 is 23.2 Å². The van der Waals surface area contributed by atoms with Crippen LogP contribution < -0.4 is 5.32 Å². The third-order valence-corrected chi connectivity index (χ3v) is 5.47. The monoisotopic (exact) mass is 398 g/mol. The van der Waals surface area contributed by atoms with Crippen molar-refractivity contribution in [3.05, 3.63) is 59.5 Å². The van der Waals surface area contributed by atoms with E-state index in [-0.39, 0.29) is 24.1 Å². The summed E-state index contributed by atoms with van der Waals surface area (Å²) in [6, 6.07) is 7.31. The third kappa shape index (κ3) is 4.29. The molecule has 5 nitrogen and oxygen atoms in total. The van der Waals surface area contributed by atoms with Crippen LogP contribution in [-0.4, -0.2) is 28.5 Å². The lowest BCUT2D eigenvalue weighted by atomic mass is 10.1. The topological polar surface area (TPSA) is 62.6 Å². The molecule has 0 aliphatic carbocycles. The number of nitrogens with zero attached hydrogens (tertiary/aromatic N) is 1. The van der Waals surface area contributed by atoms with Crippen LogP contribution in [0.4, 0.5) is 13.2 Å². The molecule has 2 amide bonds. The van der Waals surface area contributed by atoms with Crippen molar-refractivity contribution in [2.75, 3.05) is 5.75 Å². The van der Waals surface area contributed by atoms with Gasteiger partial charge in [-0.2, -0.15) is 13.2 Å². The van der Waals surface area contributed by atoms with Crippen LogP contribution in [0.15, 0.2) is 47.1 Å². The highest BCUT2D eigenvalue weighted by molar-refractivity contribution is 8.00. The van der Waals surface area contributed by atoms with Crippen LogP contribution >= 0.6 is 11.8 Å². The van der Waals surface area contributed by atoms with Crippen LogP contribution in [-0.2, 0) is 22.3 Å². The quantitative estimate of drug-likeness (QED) is 0.836. The Hall–Kier alpha value is -2.42. The molecule has 0 radical (unpaired) electrons. The van der Waals surface area contributed by atoms with Crippen LogP contribution in [0.1, 0.15) is 29.2 Å². The molecule has 2 unspecified atom stereocenters. The minimum Gasteiger partial charge on any atom is -0.467 e. The molecule has 2 heterocycles. The zero-order valence-electron chi connectivity index (χ0n) is 14.3. The molecule has 0 bridgehead atoms. The molecule has 1 aliphatic rings. The normalized spacial score (nSPS) is 18.6. The van der Waals surface area contributed by atoms with E-state index in [0.717, 1.165) is 12.1 Å². The molecule has 2 atom stereocenters. The smallest absolute Gasteiger partial charge is 0.416 e. The number of alkyl halides is 3. The molecular formula is C18H17F3N2O3S. The molecular weight excluding hydrogens is 381 g/mol. The summed E-state index contributed by atoms with van der Waals surface area (Å²) in [5.41, 5.74) is -0.208. The summed E-state index contributed by atoms with van der Waals surface area (Å²) in [6.45, 7) is 1.79. The second-order valence-corrected chi connectivity index (χ2v) is 7.13. The van der Waals surface area contributed by atoms with Crippen LogP contribution in [0.25, 0.3) is 0 Å². The fraction of sp³-hybridized carbons (Fsp3) is 0.333. The van der Waals surface area contributed by atoms with Gasteiger partial charge >= 0.3 is 6.18 Å². The van der Waals surface area contributed by atoms with E-state index in [9.17, 15) is 22.8 Å². The third-order valence-electron chi connectivity index (χ3n) is 4.24. The molecule has 1 aromatic heterocycles. The Bertz CT molecular complexity index is 806. The number of benzene rings is 1. The molecule has 9 heteroatoms. The summed E-state index contributed by atoms with van der Waals surface area (Å²) in [7, 11) is 0. The number of nitrogens with one attached hydrogen (secondary N) is 1. The highest BCUT2D eigenvalue weighted by Gasteiger charge is 2.39. The molecule has 1 N–H and O–H groups in total. The first-order valence-electron chi connectivity index (χ1n) is 8.17. The number of thioether (sulfide) groups is 1. The maximum Gasteiger partial charge on any atom is 0.416 e. The zero-order valence-corrected chi connectivity index (χ0v) is 15.1. The number of carbonyl (C=O) groups excluding carboxylic acids is 2. The molecule has 0 saturated carbocycles. The fourth-order valence-corrected chi connectivity index (χ4v) is 4.07. The molecule has 1 fully saturated rings. The lowest BCUT2D eigenvalue weighted by Crippen LogP contribution is -2.46. The predicted molar refractivity (Wildman–Crippen MR) is 93.5 cm³/mol. The van der Waals surface area contributed by atoms with Gasteiger partial charge in [-0.15, -0.1) is 11.8 Å². The van der Waals surface area contributed by atoms with E-state index in [4.69, 9.17) is 4.42 Å². The second kappa shape index (κ2) is 7.67. The van der Waals surface area contributed by atoms with Crippen molar-refractivity contribution in [1.82, 2.24) is 10.2 Å². The number of rotatable bonds is 5. The molecule has 0 spiro atoms. The first kappa shape index (κ1) is 19.3. The number of carbonyl (C=O) groups is 2. The van der Waals surface area contributed by atoms with Gasteiger partial charge in [-0.25, -0.2) is 0 Å². The average Bonchev–Trinajstić information content (AvgIpc) is 3.28. The Morgan fingerprint density at radius 3 is 2.63 bits per heavy atom. The van der Waals surface area contributed by atoms with Gasteiger partial charge < -0.3 is 14.6 Å². The lowest BCUT2D eigenvalue weighted by molar-refractivity contribution is -0.138. The Morgan fingerprint density at radius 1 is 1.33 bits per heavy atom. The Morgan fingerprint density at radius 2 is 2.04 bits per heavy atom. The zero-order chi connectivity index (χ0) is 19.6. The summed E-state index contributed by atoms with van der Waals surface area (Å²) < 4.78 is 43.4. The SMILES string of the molecule is CC(C(=O)NCc1ccco1)N1C(=O)CSC1c1ccc(C(F)(F)F)cc1.